The quantitative estimate of drug-likeness (QED) is 0.882. The summed E-state index contributed by atoms with van der Waals surface area (Å²) in [5, 5.41) is 14.9. The molecule has 3 heterocycles. The van der Waals surface area contributed by atoms with Crippen molar-refractivity contribution in [2.75, 3.05) is 36.4 Å². The van der Waals surface area contributed by atoms with E-state index >= 15 is 0 Å². The Balaban J connectivity index is 1.53. The SMILES string of the molecule is Cc1c(C(=O)Nc2ccccc2N2CCCC2)nnn1C1CCNCC1. The van der Waals surface area contributed by atoms with Gasteiger partial charge in [-0.15, -0.1) is 5.10 Å². The lowest BCUT2D eigenvalue weighted by atomic mass is 10.1. The number of anilines is 2. The van der Waals surface area contributed by atoms with Crippen LogP contribution in [0.15, 0.2) is 24.3 Å². The van der Waals surface area contributed by atoms with E-state index in [1.54, 1.807) is 0 Å². The number of hydrogen-bond donors (Lipinski definition) is 2. The zero-order chi connectivity index (χ0) is 17.9. The van der Waals surface area contributed by atoms with Gasteiger partial charge in [0.05, 0.1) is 23.1 Å². The molecule has 138 valence electrons. The molecule has 1 amide bonds. The molecule has 2 aliphatic heterocycles. The van der Waals surface area contributed by atoms with Crippen LogP contribution in [0.5, 0.6) is 0 Å². The first-order chi connectivity index (χ1) is 12.7. The van der Waals surface area contributed by atoms with Crippen LogP contribution in [0.25, 0.3) is 0 Å². The Morgan fingerprint density at radius 2 is 1.92 bits per heavy atom. The van der Waals surface area contributed by atoms with Crippen LogP contribution in [0, 0.1) is 6.92 Å². The van der Waals surface area contributed by atoms with E-state index < -0.39 is 0 Å². The lowest BCUT2D eigenvalue weighted by Gasteiger charge is -2.23. The maximum atomic E-state index is 12.8. The zero-order valence-corrected chi connectivity index (χ0v) is 15.2. The van der Waals surface area contributed by atoms with E-state index in [4.69, 9.17) is 0 Å². The molecule has 26 heavy (non-hydrogen) atoms. The summed E-state index contributed by atoms with van der Waals surface area (Å²) in [6, 6.07) is 8.32. The van der Waals surface area contributed by atoms with Gasteiger partial charge >= 0.3 is 0 Å². The summed E-state index contributed by atoms with van der Waals surface area (Å²) in [6.07, 6.45) is 4.43. The van der Waals surface area contributed by atoms with Crippen molar-refractivity contribution in [2.45, 2.75) is 38.6 Å². The van der Waals surface area contributed by atoms with Crippen molar-refractivity contribution in [1.29, 1.82) is 0 Å². The first kappa shape index (κ1) is 17.0. The van der Waals surface area contributed by atoms with E-state index in [0.717, 1.165) is 56.1 Å². The molecular weight excluding hydrogens is 328 g/mol. The maximum absolute atomic E-state index is 12.8. The fraction of sp³-hybridized carbons (Fsp3) is 0.526. The Hall–Kier alpha value is -2.41. The van der Waals surface area contributed by atoms with E-state index in [0.29, 0.717) is 11.7 Å². The van der Waals surface area contributed by atoms with Crippen molar-refractivity contribution >= 4 is 17.3 Å². The number of amides is 1. The minimum atomic E-state index is -0.186. The molecule has 2 saturated heterocycles. The summed E-state index contributed by atoms with van der Waals surface area (Å²) in [6.45, 7) is 5.97. The molecule has 0 unspecified atom stereocenters. The van der Waals surface area contributed by atoms with Gasteiger partial charge in [0.25, 0.3) is 5.91 Å². The lowest BCUT2D eigenvalue weighted by molar-refractivity contribution is 0.102. The number of benzene rings is 1. The van der Waals surface area contributed by atoms with Gasteiger partial charge in [-0.1, -0.05) is 17.3 Å². The van der Waals surface area contributed by atoms with Gasteiger partial charge in [-0.3, -0.25) is 4.79 Å². The Labute approximate surface area is 153 Å². The second kappa shape index (κ2) is 7.45. The van der Waals surface area contributed by atoms with Crippen molar-refractivity contribution in [2.24, 2.45) is 0 Å². The van der Waals surface area contributed by atoms with Crippen LogP contribution in [-0.2, 0) is 0 Å². The van der Waals surface area contributed by atoms with Gasteiger partial charge in [0.1, 0.15) is 0 Å². The molecule has 7 heteroatoms. The first-order valence-corrected chi connectivity index (χ1v) is 9.52. The normalized spacial score (nSPS) is 18.3. The number of carbonyl (C=O) groups is 1. The van der Waals surface area contributed by atoms with Crippen molar-refractivity contribution in [3.63, 3.8) is 0 Å². The van der Waals surface area contributed by atoms with Gasteiger partial charge in [0.15, 0.2) is 5.69 Å². The molecule has 1 aromatic heterocycles. The molecular formula is C19H26N6O. The number of carbonyl (C=O) groups excluding carboxylic acids is 1. The molecule has 0 atom stereocenters. The van der Waals surface area contributed by atoms with Crippen LogP contribution in [0.3, 0.4) is 0 Å². The number of piperidine rings is 1. The summed E-state index contributed by atoms with van der Waals surface area (Å²) in [7, 11) is 0. The highest BCUT2D eigenvalue weighted by Crippen LogP contribution is 2.29. The Morgan fingerprint density at radius 3 is 2.69 bits per heavy atom. The van der Waals surface area contributed by atoms with E-state index in [1.165, 1.54) is 12.8 Å². The summed E-state index contributed by atoms with van der Waals surface area (Å²) in [5.74, 6) is -0.186. The van der Waals surface area contributed by atoms with E-state index in [2.05, 4.69) is 31.9 Å². The number of hydrogen-bond acceptors (Lipinski definition) is 5. The number of rotatable bonds is 4. The minimum Gasteiger partial charge on any atom is -0.370 e. The predicted octanol–water partition coefficient (Wildman–Crippen LogP) is 2.36. The van der Waals surface area contributed by atoms with Crippen LogP contribution in [0.2, 0.25) is 0 Å². The van der Waals surface area contributed by atoms with E-state index in [-0.39, 0.29) is 5.91 Å². The minimum absolute atomic E-state index is 0.186. The third kappa shape index (κ3) is 3.31. The van der Waals surface area contributed by atoms with Gasteiger partial charge < -0.3 is 15.5 Å². The lowest BCUT2D eigenvalue weighted by Crippen LogP contribution is -2.30. The summed E-state index contributed by atoms with van der Waals surface area (Å²) < 4.78 is 1.92. The van der Waals surface area contributed by atoms with Gasteiger partial charge in [-0.25, -0.2) is 4.68 Å². The predicted molar refractivity (Wildman–Crippen MR) is 102 cm³/mol. The highest BCUT2D eigenvalue weighted by atomic mass is 16.2. The standard InChI is InChI=1S/C19H26N6O/c1-14-18(22-23-25(14)15-8-10-20-11-9-15)19(26)21-16-6-2-3-7-17(16)24-12-4-5-13-24/h2-3,6-7,15,20H,4-5,8-13H2,1H3,(H,21,26). The molecule has 7 nitrogen and oxygen atoms in total. The van der Waals surface area contributed by atoms with Gasteiger partial charge in [0.2, 0.25) is 0 Å². The molecule has 0 spiro atoms. The number of para-hydroxylation sites is 2. The molecule has 2 aromatic rings. The van der Waals surface area contributed by atoms with Crippen LogP contribution in [0.1, 0.15) is 47.9 Å². The zero-order valence-electron chi connectivity index (χ0n) is 15.2. The van der Waals surface area contributed by atoms with E-state index in [9.17, 15) is 4.79 Å². The highest BCUT2D eigenvalue weighted by molar-refractivity contribution is 6.05. The van der Waals surface area contributed by atoms with E-state index in [1.807, 2.05) is 29.8 Å². The second-order valence-corrected chi connectivity index (χ2v) is 7.11. The molecule has 2 N–H and O–H groups in total. The summed E-state index contributed by atoms with van der Waals surface area (Å²) in [5.41, 5.74) is 3.18. The monoisotopic (exact) mass is 354 g/mol. The Kier molecular flexibility index (Phi) is 4.88. The van der Waals surface area contributed by atoms with Crippen molar-refractivity contribution in [1.82, 2.24) is 20.3 Å². The van der Waals surface area contributed by atoms with Crippen molar-refractivity contribution in [3.05, 3.63) is 35.7 Å². The second-order valence-electron chi connectivity index (χ2n) is 7.11. The summed E-state index contributed by atoms with van der Waals surface area (Å²) >= 11 is 0. The molecule has 2 aliphatic rings. The number of nitrogens with zero attached hydrogens (tertiary/aromatic N) is 4. The molecule has 4 rings (SSSR count). The molecule has 0 aliphatic carbocycles. The fourth-order valence-corrected chi connectivity index (χ4v) is 3.94. The Bertz CT molecular complexity index is 774. The topological polar surface area (TPSA) is 75.1 Å². The van der Waals surface area contributed by atoms with Crippen LogP contribution < -0.4 is 15.5 Å². The number of nitrogens with one attached hydrogen (secondary N) is 2. The van der Waals surface area contributed by atoms with Crippen molar-refractivity contribution in [3.8, 4) is 0 Å². The number of aromatic nitrogens is 3. The molecule has 2 fully saturated rings. The van der Waals surface area contributed by atoms with Gasteiger partial charge in [-0.2, -0.15) is 0 Å². The van der Waals surface area contributed by atoms with Crippen LogP contribution in [-0.4, -0.2) is 47.1 Å². The molecule has 0 radical (unpaired) electrons. The maximum Gasteiger partial charge on any atom is 0.278 e. The third-order valence-corrected chi connectivity index (χ3v) is 5.40. The largest absolute Gasteiger partial charge is 0.370 e. The summed E-state index contributed by atoms with van der Waals surface area (Å²) in [4.78, 5) is 15.2. The van der Waals surface area contributed by atoms with Crippen molar-refractivity contribution < 1.29 is 4.79 Å². The van der Waals surface area contributed by atoms with Gasteiger partial charge in [-0.05, 0) is 57.8 Å². The smallest absolute Gasteiger partial charge is 0.278 e. The third-order valence-electron chi connectivity index (χ3n) is 5.40. The fourth-order valence-electron chi connectivity index (χ4n) is 3.94. The Morgan fingerprint density at radius 1 is 1.19 bits per heavy atom. The highest BCUT2D eigenvalue weighted by Gasteiger charge is 2.24. The molecule has 0 bridgehead atoms. The molecule has 0 saturated carbocycles. The average Bonchev–Trinajstić information content (AvgIpc) is 3.33. The average molecular weight is 354 g/mol. The van der Waals surface area contributed by atoms with Gasteiger partial charge in [0, 0.05) is 13.1 Å². The molecule has 1 aromatic carbocycles. The van der Waals surface area contributed by atoms with Crippen LogP contribution in [0.4, 0.5) is 11.4 Å². The first-order valence-electron chi connectivity index (χ1n) is 9.52. The van der Waals surface area contributed by atoms with Crippen LogP contribution >= 0.6 is 0 Å².